The zero-order valence-corrected chi connectivity index (χ0v) is 13.4. The van der Waals surface area contributed by atoms with Gasteiger partial charge in [-0.3, -0.25) is 0 Å². The molecule has 3 rings (SSSR count). The van der Waals surface area contributed by atoms with E-state index in [4.69, 9.17) is 4.74 Å². The van der Waals surface area contributed by atoms with Crippen molar-refractivity contribution in [2.75, 3.05) is 32.1 Å². The number of urea groups is 1. The van der Waals surface area contributed by atoms with Gasteiger partial charge in [-0.25, -0.2) is 4.79 Å². The monoisotopic (exact) mass is 310 g/mol. The lowest BCUT2D eigenvalue weighted by molar-refractivity contribution is 0.154. The third kappa shape index (κ3) is 3.71. The van der Waals surface area contributed by atoms with Crippen molar-refractivity contribution < 1.29 is 9.53 Å². The van der Waals surface area contributed by atoms with E-state index in [0.717, 1.165) is 36.3 Å². The lowest BCUT2D eigenvalue weighted by Crippen LogP contribution is -2.33. The highest BCUT2D eigenvalue weighted by atomic mass is 16.5. The van der Waals surface area contributed by atoms with E-state index in [2.05, 4.69) is 17.4 Å². The van der Waals surface area contributed by atoms with Crippen LogP contribution in [0.25, 0.3) is 11.1 Å². The molecule has 1 atom stereocenters. The number of benzene rings is 2. The van der Waals surface area contributed by atoms with Crippen molar-refractivity contribution in [2.45, 2.75) is 6.42 Å². The molecule has 0 saturated carbocycles. The van der Waals surface area contributed by atoms with Crippen molar-refractivity contribution in [3.63, 3.8) is 0 Å². The summed E-state index contributed by atoms with van der Waals surface area (Å²) in [4.78, 5) is 14.4. The second-order valence-electron chi connectivity index (χ2n) is 5.90. The smallest absolute Gasteiger partial charge is 0.321 e. The van der Waals surface area contributed by atoms with Gasteiger partial charge in [-0.05, 0) is 18.1 Å². The van der Waals surface area contributed by atoms with Crippen LogP contribution in [0.4, 0.5) is 10.5 Å². The van der Waals surface area contributed by atoms with Gasteiger partial charge in [0.25, 0.3) is 0 Å². The molecule has 1 aliphatic rings. The summed E-state index contributed by atoms with van der Waals surface area (Å²) in [7, 11) is 1.71. The quantitative estimate of drug-likeness (QED) is 0.932. The van der Waals surface area contributed by atoms with Crippen LogP contribution in [0.2, 0.25) is 0 Å². The fourth-order valence-electron chi connectivity index (χ4n) is 3.04. The van der Waals surface area contributed by atoms with Crippen LogP contribution in [0.1, 0.15) is 6.42 Å². The molecule has 23 heavy (non-hydrogen) atoms. The summed E-state index contributed by atoms with van der Waals surface area (Å²) in [5, 5.41) is 3.06. The van der Waals surface area contributed by atoms with Crippen molar-refractivity contribution >= 4 is 11.7 Å². The second-order valence-corrected chi connectivity index (χ2v) is 5.90. The van der Waals surface area contributed by atoms with Gasteiger partial charge in [0.2, 0.25) is 0 Å². The van der Waals surface area contributed by atoms with Crippen LogP contribution in [0.3, 0.4) is 0 Å². The normalized spacial score (nSPS) is 17.3. The van der Waals surface area contributed by atoms with Crippen molar-refractivity contribution in [1.82, 2.24) is 4.90 Å². The summed E-state index contributed by atoms with van der Waals surface area (Å²) in [5.74, 6) is 0.440. The Balaban J connectivity index is 1.73. The fraction of sp³-hybridized carbons (Fsp3) is 0.316. The van der Waals surface area contributed by atoms with Gasteiger partial charge in [0.15, 0.2) is 0 Å². The summed E-state index contributed by atoms with van der Waals surface area (Å²) in [6.45, 7) is 2.25. The van der Waals surface area contributed by atoms with Crippen LogP contribution >= 0.6 is 0 Å². The van der Waals surface area contributed by atoms with Crippen molar-refractivity contribution in [1.29, 1.82) is 0 Å². The molecule has 0 aliphatic carbocycles. The number of rotatable bonds is 4. The van der Waals surface area contributed by atoms with Gasteiger partial charge in [-0.15, -0.1) is 0 Å². The number of para-hydroxylation sites is 1. The lowest BCUT2D eigenvalue weighted by atomic mass is 10.0. The number of hydrogen-bond donors (Lipinski definition) is 1. The molecule has 1 unspecified atom stereocenters. The first-order chi connectivity index (χ1) is 11.3. The Bertz CT molecular complexity index is 657. The predicted molar refractivity (Wildman–Crippen MR) is 92.5 cm³/mol. The molecule has 120 valence electrons. The van der Waals surface area contributed by atoms with Gasteiger partial charge in [0, 0.05) is 31.7 Å². The van der Waals surface area contributed by atoms with Crippen LogP contribution < -0.4 is 5.32 Å². The number of carbonyl (C=O) groups excluding carboxylic acids is 1. The maximum Gasteiger partial charge on any atom is 0.321 e. The van der Waals surface area contributed by atoms with Gasteiger partial charge in [-0.2, -0.15) is 0 Å². The van der Waals surface area contributed by atoms with Crippen LogP contribution in [0.5, 0.6) is 0 Å². The van der Waals surface area contributed by atoms with Gasteiger partial charge >= 0.3 is 6.03 Å². The summed E-state index contributed by atoms with van der Waals surface area (Å²) in [5.41, 5.74) is 2.98. The molecule has 1 aliphatic heterocycles. The Morgan fingerprint density at radius 1 is 1.17 bits per heavy atom. The minimum Gasteiger partial charge on any atom is -0.384 e. The first-order valence-electron chi connectivity index (χ1n) is 7.97. The fourth-order valence-corrected chi connectivity index (χ4v) is 3.04. The molecular weight excluding hydrogens is 288 g/mol. The van der Waals surface area contributed by atoms with E-state index in [1.165, 1.54) is 0 Å². The van der Waals surface area contributed by atoms with E-state index in [-0.39, 0.29) is 6.03 Å². The highest BCUT2D eigenvalue weighted by molar-refractivity contribution is 5.94. The van der Waals surface area contributed by atoms with E-state index in [1.54, 1.807) is 7.11 Å². The summed E-state index contributed by atoms with van der Waals surface area (Å²) >= 11 is 0. The molecule has 2 aromatic carbocycles. The minimum atomic E-state index is -0.0352. The third-order valence-corrected chi connectivity index (χ3v) is 4.23. The Morgan fingerprint density at radius 3 is 2.70 bits per heavy atom. The summed E-state index contributed by atoms with van der Waals surface area (Å²) < 4.78 is 5.19. The molecule has 4 heteroatoms. The Morgan fingerprint density at radius 2 is 1.91 bits per heavy atom. The van der Waals surface area contributed by atoms with Crippen LogP contribution in [0.15, 0.2) is 54.6 Å². The number of methoxy groups -OCH3 is 1. The molecule has 0 radical (unpaired) electrons. The highest BCUT2D eigenvalue weighted by Crippen LogP contribution is 2.28. The Hall–Kier alpha value is -2.33. The molecule has 2 aromatic rings. The zero-order valence-electron chi connectivity index (χ0n) is 13.4. The first kappa shape index (κ1) is 15.6. The summed E-state index contributed by atoms with van der Waals surface area (Å²) in [6, 6.07) is 18.0. The maximum absolute atomic E-state index is 12.5. The SMILES string of the molecule is COCC1CCN(C(=O)Nc2ccccc2-c2ccccc2)C1. The van der Waals surface area contributed by atoms with Gasteiger partial charge in [0.05, 0.1) is 12.3 Å². The average molecular weight is 310 g/mol. The van der Waals surface area contributed by atoms with E-state index >= 15 is 0 Å². The molecule has 0 bridgehead atoms. The minimum absolute atomic E-state index is 0.0352. The standard InChI is InChI=1S/C19H22N2O2/c1-23-14-15-11-12-21(13-15)19(22)20-18-10-6-5-9-17(18)16-7-3-2-4-8-16/h2-10,15H,11-14H2,1H3,(H,20,22). The van der Waals surface area contributed by atoms with E-state index in [1.807, 2.05) is 47.4 Å². The van der Waals surface area contributed by atoms with Gasteiger partial charge < -0.3 is 15.0 Å². The average Bonchev–Trinajstić information content (AvgIpc) is 3.05. The predicted octanol–water partition coefficient (Wildman–Crippen LogP) is 3.85. The largest absolute Gasteiger partial charge is 0.384 e. The number of likely N-dealkylation sites (tertiary alicyclic amines) is 1. The number of carbonyl (C=O) groups is 1. The van der Waals surface area contributed by atoms with Crippen LogP contribution in [-0.4, -0.2) is 37.7 Å². The van der Waals surface area contributed by atoms with Crippen LogP contribution in [-0.2, 0) is 4.74 Å². The number of anilines is 1. The van der Waals surface area contributed by atoms with Gasteiger partial charge in [-0.1, -0.05) is 48.5 Å². The Kier molecular flexibility index (Phi) is 4.93. The number of hydrogen-bond acceptors (Lipinski definition) is 2. The van der Waals surface area contributed by atoms with Crippen molar-refractivity contribution in [2.24, 2.45) is 5.92 Å². The summed E-state index contributed by atoms with van der Waals surface area (Å²) in [6.07, 6.45) is 1.00. The third-order valence-electron chi connectivity index (χ3n) is 4.23. The topological polar surface area (TPSA) is 41.6 Å². The molecule has 1 saturated heterocycles. The number of amides is 2. The zero-order chi connectivity index (χ0) is 16.1. The number of nitrogens with zero attached hydrogens (tertiary/aromatic N) is 1. The lowest BCUT2D eigenvalue weighted by Gasteiger charge is -2.19. The Labute approximate surface area is 137 Å². The molecule has 1 fully saturated rings. The number of ether oxygens (including phenoxy) is 1. The first-order valence-corrected chi connectivity index (χ1v) is 7.97. The molecule has 0 spiro atoms. The molecule has 4 nitrogen and oxygen atoms in total. The molecule has 2 amide bonds. The number of nitrogens with one attached hydrogen (secondary N) is 1. The maximum atomic E-state index is 12.5. The molecular formula is C19H22N2O2. The highest BCUT2D eigenvalue weighted by Gasteiger charge is 2.26. The van der Waals surface area contributed by atoms with Gasteiger partial charge in [0.1, 0.15) is 0 Å². The van der Waals surface area contributed by atoms with Crippen LogP contribution in [0, 0.1) is 5.92 Å². The second kappa shape index (κ2) is 7.29. The van der Waals surface area contributed by atoms with E-state index in [9.17, 15) is 4.79 Å². The van der Waals surface area contributed by atoms with Crippen molar-refractivity contribution in [3.8, 4) is 11.1 Å². The molecule has 1 N–H and O–H groups in total. The molecule has 0 aromatic heterocycles. The van der Waals surface area contributed by atoms with Crippen molar-refractivity contribution in [3.05, 3.63) is 54.6 Å². The van der Waals surface area contributed by atoms with E-state index in [0.29, 0.717) is 12.5 Å². The van der Waals surface area contributed by atoms with E-state index < -0.39 is 0 Å². The molecule has 1 heterocycles.